The van der Waals surface area contributed by atoms with Gasteiger partial charge >= 0.3 is 0 Å². The van der Waals surface area contributed by atoms with E-state index < -0.39 is 0 Å². The van der Waals surface area contributed by atoms with Gasteiger partial charge < -0.3 is 15.0 Å². The molecule has 0 saturated carbocycles. The van der Waals surface area contributed by atoms with Gasteiger partial charge in [-0.15, -0.1) is 0 Å². The zero-order valence-electron chi connectivity index (χ0n) is 17.1. The molecule has 1 aliphatic heterocycles. The number of benzene rings is 2. The van der Waals surface area contributed by atoms with E-state index in [0.29, 0.717) is 6.54 Å². The van der Waals surface area contributed by atoms with E-state index in [1.54, 1.807) is 7.11 Å². The standard InChI is InChI=1S/C23H31N3O2/c1-25(2)22(19-9-7-11-21(15-19)28-3)16-24-23(27)20-10-6-8-18(14-20)17-26-12-4-5-13-26/h6-11,14-15,22H,4-5,12-13,16-17H2,1-3H3,(H,24,27). The first kappa shape index (κ1) is 20.4. The summed E-state index contributed by atoms with van der Waals surface area (Å²) in [7, 11) is 5.71. The maximum Gasteiger partial charge on any atom is 0.251 e. The molecule has 1 unspecified atom stereocenters. The second kappa shape index (κ2) is 9.71. The molecule has 0 radical (unpaired) electrons. The first-order valence-electron chi connectivity index (χ1n) is 9.96. The van der Waals surface area contributed by atoms with Gasteiger partial charge in [-0.2, -0.15) is 0 Å². The molecule has 1 fully saturated rings. The summed E-state index contributed by atoms with van der Waals surface area (Å²) in [5.41, 5.74) is 3.04. The summed E-state index contributed by atoms with van der Waals surface area (Å²) in [6.45, 7) is 3.77. The van der Waals surface area contributed by atoms with Crippen LogP contribution in [0.15, 0.2) is 48.5 Å². The number of methoxy groups -OCH3 is 1. The number of likely N-dealkylation sites (N-methyl/N-ethyl adjacent to an activating group) is 1. The van der Waals surface area contributed by atoms with E-state index in [1.165, 1.54) is 18.4 Å². The molecular weight excluding hydrogens is 350 g/mol. The fourth-order valence-corrected chi connectivity index (χ4v) is 3.75. The second-order valence-corrected chi connectivity index (χ2v) is 7.65. The van der Waals surface area contributed by atoms with Gasteiger partial charge in [-0.05, 0) is 75.4 Å². The number of likely N-dealkylation sites (tertiary alicyclic amines) is 1. The van der Waals surface area contributed by atoms with Crippen molar-refractivity contribution in [2.45, 2.75) is 25.4 Å². The van der Waals surface area contributed by atoms with Crippen LogP contribution < -0.4 is 10.1 Å². The highest BCUT2D eigenvalue weighted by Crippen LogP contribution is 2.22. The molecule has 0 aromatic heterocycles. The molecule has 1 amide bonds. The molecule has 150 valence electrons. The van der Waals surface area contributed by atoms with Crippen LogP contribution in [0.5, 0.6) is 5.75 Å². The van der Waals surface area contributed by atoms with Crippen LogP contribution in [0.4, 0.5) is 0 Å². The highest BCUT2D eigenvalue weighted by atomic mass is 16.5. The highest BCUT2D eigenvalue weighted by Gasteiger charge is 2.17. The predicted molar refractivity (Wildman–Crippen MR) is 113 cm³/mol. The van der Waals surface area contributed by atoms with E-state index >= 15 is 0 Å². The summed E-state index contributed by atoms with van der Waals surface area (Å²) in [4.78, 5) is 17.3. The number of nitrogens with one attached hydrogen (secondary N) is 1. The number of amides is 1. The summed E-state index contributed by atoms with van der Waals surface area (Å²) < 4.78 is 5.34. The van der Waals surface area contributed by atoms with Crippen LogP contribution in [-0.4, -0.2) is 56.5 Å². The quantitative estimate of drug-likeness (QED) is 0.762. The van der Waals surface area contributed by atoms with E-state index in [2.05, 4.69) is 27.2 Å². The fourth-order valence-electron chi connectivity index (χ4n) is 3.75. The van der Waals surface area contributed by atoms with Crippen LogP contribution in [0.25, 0.3) is 0 Å². The lowest BCUT2D eigenvalue weighted by Crippen LogP contribution is -2.34. The molecule has 3 rings (SSSR count). The number of nitrogens with zero attached hydrogens (tertiary/aromatic N) is 2. The lowest BCUT2D eigenvalue weighted by Gasteiger charge is -2.25. The molecular formula is C23H31N3O2. The molecule has 5 heteroatoms. The Morgan fingerprint density at radius 3 is 2.61 bits per heavy atom. The Hall–Kier alpha value is -2.37. The topological polar surface area (TPSA) is 44.8 Å². The molecule has 5 nitrogen and oxygen atoms in total. The minimum absolute atomic E-state index is 0.0296. The molecule has 0 spiro atoms. The SMILES string of the molecule is COc1cccc(C(CNC(=O)c2cccc(CN3CCCC3)c2)N(C)C)c1. The maximum atomic E-state index is 12.7. The zero-order chi connectivity index (χ0) is 19.9. The number of rotatable bonds is 8. The molecule has 1 saturated heterocycles. The first-order chi connectivity index (χ1) is 13.6. The minimum Gasteiger partial charge on any atom is -0.497 e. The molecule has 28 heavy (non-hydrogen) atoms. The van der Waals surface area contributed by atoms with Crippen LogP contribution >= 0.6 is 0 Å². The van der Waals surface area contributed by atoms with Crippen molar-refractivity contribution in [3.8, 4) is 5.75 Å². The van der Waals surface area contributed by atoms with Gasteiger partial charge in [0.2, 0.25) is 0 Å². The van der Waals surface area contributed by atoms with Crippen molar-refractivity contribution in [3.63, 3.8) is 0 Å². The van der Waals surface area contributed by atoms with E-state index in [4.69, 9.17) is 4.74 Å². The summed E-state index contributed by atoms with van der Waals surface area (Å²) in [5.74, 6) is 0.795. The Labute approximate surface area is 168 Å². The van der Waals surface area contributed by atoms with Gasteiger partial charge in [0.1, 0.15) is 5.75 Å². The number of carbonyl (C=O) groups excluding carboxylic acids is 1. The average Bonchev–Trinajstić information content (AvgIpc) is 3.21. The third-order valence-electron chi connectivity index (χ3n) is 5.35. The monoisotopic (exact) mass is 381 g/mol. The van der Waals surface area contributed by atoms with Crippen molar-refractivity contribution in [1.29, 1.82) is 0 Å². The van der Waals surface area contributed by atoms with Crippen molar-refractivity contribution in [1.82, 2.24) is 15.1 Å². The van der Waals surface area contributed by atoms with E-state index in [1.807, 2.05) is 50.5 Å². The highest BCUT2D eigenvalue weighted by molar-refractivity contribution is 5.94. The molecule has 1 heterocycles. The van der Waals surface area contributed by atoms with Crippen LogP contribution in [-0.2, 0) is 6.54 Å². The van der Waals surface area contributed by atoms with Gasteiger partial charge in [-0.25, -0.2) is 0 Å². The molecule has 1 N–H and O–H groups in total. The van der Waals surface area contributed by atoms with Crippen molar-refractivity contribution < 1.29 is 9.53 Å². The van der Waals surface area contributed by atoms with Gasteiger partial charge in [0.05, 0.1) is 13.2 Å². The summed E-state index contributed by atoms with van der Waals surface area (Å²) >= 11 is 0. The Morgan fingerprint density at radius 2 is 1.89 bits per heavy atom. The third-order valence-corrected chi connectivity index (χ3v) is 5.35. The number of ether oxygens (including phenoxy) is 1. The van der Waals surface area contributed by atoms with E-state index in [9.17, 15) is 4.79 Å². The molecule has 0 aliphatic carbocycles. The normalized spacial score (nSPS) is 15.6. The van der Waals surface area contributed by atoms with Gasteiger partial charge in [0.25, 0.3) is 5.91 Å². The predicted octanol–water partition coefficient (Wildman–Crippen LogP) is 3.32. The minimum atomic E-state index is -0.0296. The zero-order valence-corrected chi connectivity index (χ0v) is 17.1. The van der Waals surface area contributed by atoms with Crippen molar-refractivity contribution >= 4 is 5.91 Å². The van der Waals surface area contributed by atoms with Crippen molar-refractivity contribution in [3.05, 3.63) is 65.2 Å². The van der Waals surface area contributed by atoms with Gasteiger partial charge in [-0.3, -0.25) is 9.69 Å². The maximum absolute atomic E-state index is 12.7. The Kier molecular flexibility index (Phi) is 7.06. The molecule has 0 bridgehead atoms. The fraction of sp³-hybridized carbons (Fsp3) is 0.435. The Morgan fingerprint density at radius 1 is 1.14 bits per heavy atom. The lowest BCUT2D eigenvalue weighted by molar-refractivity contribution is 0.0941. The molecule has 2 aromatic rings. The third kappa shape index (κ3) is 5.33. The van der Waals surface area contributed by atoms with E-state index in [-0.39, 0.29) is 11.9 Å². The largest absolute Gasteiger partial charge is 0.497 e. The van der Waals surface area contributed by atoms with E-state index in [0.717, 1.165) is 36.5 Å². The average molecular weight is 382 g/mol. The smallest absolute Gasteiger partial charge is 0.251 e. The molecule has 1 atom stereocenters. The van der Waals surface area contributed by atoms with Gasteiger partial charge in [0, 0.05) is 18.7 Å². The second-order valence-electron chi connectivity index (χ2n) is 7.65. The first-order valence-corrected chi connectivity index (χ1v) is 9.96. The van der Waals surface area contributed by atoms with Crippen molar-refractivity contribution in [2.24, 2.45) is 0 Å². The van der Waals surface area contributed by atoms with Crippen LogP contribution in [0.1, 0.15) is 40.4 Å². The molecule has 2 aromatic carbocycles. The number of carbonyl (C=O) groups is 1. The number of hydrogen-bond acceptors (Lipinski definition) is 4. The summed E-state index contributed by atoms with van der Waals surface area (Å²) in [6, 6.07) is 16.1. The Bertz CT molecular complexity index is 785. The van der Waals surface area contributed by atoms with Gasteiger partial charge in [-0.1, -0.05) is 24.3 Å². The van der Waals surface area contributed by atoms with Crippen LogP contribution in [0.2, 0.25) is 0 Å². The van der Waals surface area contributed by atoms with Crippen LogP contribution in [0.3, 0.4) is 0 Å². The summed E-state index contributed by atoms with van der Waals surface area (Å²) in [5, 5.41) is 3.10. The van der Waals surface area contributed by atoms with Crippen molar-refractivity contribution in [2.75, 3.05) is 40.8 Å². The lowest BCUT2D eigenvalue weighted by atomic mass is 10.0. The van der Waals surface area contributed by atoms with Crippen LogP contribution in [0, 0.1) is 0 Å². The summed E-state index contributed by atoms with van der Waals surface area (Å²) in [6.07, 6.45) is 2.55. The Balaban J connectivity index is 1.64. The number of hydrogen-bond donors (Lipinski definition) is 1. The molecule has 1 aliphatic rings. The van der Waals surface area contributed by atoms with Gasteiger partial charge in [0.15, 0.2) is 0 Å².